The molecule has 0 aliphatic carbocycles. The molecule has 3 nitrogen and oxygen atoms in total. The van der Waals surface area contributed by atoms with E-state index < -0.39 is 5.37 Å². The minimum atomic E-state index is -0.439. The molecule has 0 atom stereocenters. The van der Waals surface area contributed by atoms with Crippen molar-refractivity contribution < 1.29 is 9.53 Å². The summed E-state index contributed by atoms with van der Waals surface area (Å²) in [7, 11) is 0. The standard InChI is InChI=1S/C3H4ClNO2/c4-3(6)5-1-7-2-5/h1-2H2. The maximum atomic E-state index is 10.0. The van der Waals surface area contributed by atoms with E-state index in [1.54, 1.807) is 0 Å². The van der Waals surface area contributed by atoms with Gasteiger partial charge in [0.1, 0.15) is 13.5 Å². The fraction of sp³-hybridized carbons (Fsp3) is 0.667. The van der Waals surface area contributed by atoms with Crippen LogP contribution in [0, 0.1) is 0 Å². The summed E-state index contributed by atoms with van der Waals surface area (Å²) in [6.45, 7) is 0.699. The fourth-order valence-corrected chi connectivity index (χ4v) is 0.382. The number of hydrogen-bond acceptors (Lipinski definition) is 2. The van der Waals surface area contributed by atoms with Gasteiger partial charge in [0, 0.05) is 0 Å². The summed E-state index contributed by atoms with van der Waals surface area (Å²) < 4.78 is 4.62. The van der Waals surface area contributed by atoms with Crippen molar-refractivity contribution >= 4 is 17.0 Å². The molecule has 0 spiro atoms. The van der Waals surface area contributed by atoms with Crippen molar-refractivity contribution in [2.45, 2.75) is 0 Å². The van der Waals surface area contributed by atoms with Gasteiger partial charge in [-0.2, -0.15) is 0 Å². The Morgan fingerprint density at radius 2 is 2.29 bits per heavy atom. The lowest BCUT2D eigenvalue weighted by Crippen LogP contribution is -2.41. The molecule has 0 bridgehead atoms. The highest BCUT2D eigenvalue weighted by Gasteiger charge is 2.17. The van der Waals surface area contributed by atoms with Gasteiger partial charge in [-0.3, -0.25) is 9.69 Å². The average Bonchev–Trinajstić information content (AvgIpc) is 1.23. The van der Waals surface area contributed by atoms with Gasteiger partial charge in [0.25, 0.3) is 0 Å². The predicted octanol–water partition coefficient (Wildman–Crippen LogP) is 0.592. The molecule has 1 fully saturated rings. The lowest BCUT2D eigenvalue weighted by molar-refractivity contribution is -0.106. The molecule has 1 amide bonds. The average molecular weight is 122 g/mol. The Bertz CT molecular complexity index is 90.9. The molecule has 0 aromatic heterocycles. The number of hydrogen-bond donors (Lipinski definition) is 0. The number of carbonyl (C=O) groups excluding carboxylic acids is 1. The van der Waals surface area contributed by atoms with Crippen molar-refractivity contribution in [2.24, 2.45) is 0 Å². The van der Waals surface area contributed by atoms with Gasteiger partial charge in [0.05, 0.1) is 0 Å². The van der Waals surface area contributed by atoms with Gasteiger partial charge >= 0.3 is 5.37 Å². The highest BCUT2D eigenvalue weighted by molar-refractivity contribution is 6.62. The Balaban J connectivity index is 2.27. The second-order valence-corrected chi connectivity index (χ2v) is 1.58. The smallest absolute Gasteiger partial charge is 0.320 e. The molecular weight excluding hydrogens is 117 g/mol. The fourth-order valence-electron chi connectivity index (χ4n) is 0.284. The van der Waals surface area contributed by atoms with Gasteiger partial charge in [-0.1, -0.05) is 0 Å². The van der Waals surface area contributed by atoms with Crippen LogP contribution in [-0.2, 0) is 4.74 Å². The molecule has 0 N–H and O–H groups in total. The van der Waals surface area contributed by atoms with Crippen molar-refractivity contribution in [1.29, 1.82) is 0 Å². The van der Waals surface area contributed by atoms with Crippen LogP contribution in [-0.4, -0.2) is 23.7 Å². The van der Waals surface area contributed by atoms with Crippen LogP contribution in [0.4, 0.5) is 4.79 Å². The molecule has 1 aliphatic rings. The molecule has 7 heavy (non-hydrogen) atoms. The third-order valence-corrected chi connectivity index (χ3v) is 0.982. The van der Waals surface area contributed by atoms with Crippen LogP contribution < -0.4 is 0 Å². The number of ether oxygens (including phenoxy) is 1. The Morgan fingerprint density at radius 1 is 1.71 bits per heavy atom. The molecule has 0 aromatic carbocycles. The Labute approximate surface area is 45.8 Å². The van der Waals surface area contributed by atoms with Crippen LogP contribution in [0.2, 0.25) is 0 Å². The number of amides is 1. The summed E-state index contributed by atoms with van der Waals surface area (Å²) in [5, 5.41) is -0.439. The predicted molar refractivity (Wildman–Crippen MR) is 23.9 cm³/mol. The number of halogens is 1. The molecule has 0 unspecified atom stereocenters. The minimum Gasteiger partial charge on any atom is -0.340 e. The summed E-state index contributed by atoms with van der Waals surface area (Å²) in [6.07, 6.45) is 0. The molecule has 4 heteroatoms. The van der Waals surface area contributed by atoms with Crippen LogP contribution in [0.3, 0.4) is 0 Å². The number of nitrogens with zero attached hydrogens (tertiary/aromatic N) is 1. The Kier molecular flexibility index (Phi) is 1.17. The van der Waals surface area contributed by atoms with Crippen molar-refractivity contribution in [1.82, 2.24) is 4.90 Å². The van der Waals surface area contributed by atoms with E-state index in [4.69, 9.17) is 11.6 Å². The summed E-state index contributed by atoms with van der Waals surface area (Å²) in [6, 6.07) is 0. The highest BCUT2D eigenvalue weighted by atomic mass is 35.5. The van der Waals surface area contributed by atoms with Crippen molar-refractivity contribution in [3.63, 3.8) is 0 Å². The third-order valence-electron chi connectivity index (χ3n) is 0.743. The van der Waals surface area contributed by atoms with Crippen LogP contribution in [0.5, 0.6) is 0 Å². The minimum absolute atomic E-state index is 0.350. The maximum absolute atomic E-state index is 10.0. The largest absolute Gasteiger partial charge is 0.340 e. The SMILES string of the molecule is O=C(Cl)N1COC1. The van der Waals surface area contributed by atoms with Gasteiger partial charge in [0.15, 0.2) is 0 Å². The molecule has 0 aromatic rings. The van der Waals surface area contributed by atoms with E-state index in [9.17, 15) is 4.79 Å². The van der Waals surface area contributed by atoms with E-state index >= 15 is 0 Å². The third kappa shape index (κ3) is 0.838. The van der Waals surface area contributed by atoms with Gasteiger partial charge in [-0.25, -0.2) is 0 Å². The summed E-state index contributed by atoms with van der Waals surface area (Å²) in [5.74, 6) is 0. The summed E-state index contributed by atoms with van der Waals surface area (Å²) in [5.41, 5.74) is 0. The van der Waals surface area contributed by atoms with Gasteiger partial charge in [-0.05, 0) is 11.6 Å². The van der Waals surface area contributed by atoms with E-state index in [0.29, 0.717) is 13.5 Å². The first-order valence-corrected chi connectivity index (χ1v) is 2.20. The van der Waals surface area contributed by atoms with E-state index in [1.807, 2.05) is 0 Å². The Morgan fingerprint density at radius 3 is 2.29 bits per heavy atom. The number of carbonyl (C=O) groups is 1. The van der Waals surface area contributed by atoms with Gasteiger partial charge in [0.2, 0.25) is 0 Å². The van der Waals surface area contributed by atoms with Crippen molar-refractivity contribution in [3.05, 3.63) is 0 Å². The second kappa shape index (κ2) is 1.68. The second-order valence-electron chi connectivity index (χ2n) is 1.26. The molecule has 1 saturated heterocycles. The quantitative estimate of drug-likeness (QED) is 0.347. The number of rotatable bonds is 0. The van der Waals surface area contributed by atoms with Gasteiger partial charge in [-0.15, -0.1) is 0 Å². The van der Waals surface area contributed by atoms with Crippen LogP contribution >= 0.6 is 11.6 Å². The van der Waals surface area contributed by atoms with E-state index in [2.05, 4.69) is 4.74 Å². The van der Waals surface area contributed by atoms with E-state index in [0.717, 1.165) is 0 Å². The first kappa shape index (κ1) is 4.87. The summed E-state index contributed by atoms with van der Waals surface area (Å²) in [4.78, 5) is 11.4. The van der Waals surface area contributed by atoms with Crippen LogP contribution in [0.1, 0.15) is 0 Å². The molecule has 0 radical (unpaired) electrons. The first-order chi connectivity index (χ1) is 3.30. The molecule has 1 heterocycles. The van der Waals surface area contributed by atoms with Crippen LogP contribution in [0.15, 0.2) is 0 Å². The monoisotopic (exact) mass is 121 g/mol. The lowest BCUT2D eigenvalue weighted by Gasteiger charge is -2.27. The first-order valence-electron chi connectivity index (χ1n) is 1.83. The topological polar surface area (TPSA) is 29.5 Å². The Hall–Kier alpha value is -0.280. The lowest BCUT2D eigenvalue weighted by atomic mass is 10.8. The summed E-state index contributed by atoms with van der Waals surface area (Å²) >= 11 is 4.99. The molecule has 40 valence electrons. The normalized spacial score (nSPS) is 18.7. The van der Waals surface area contributed by atoms with Crippen LogP contribution in [0.25, 0.3) is 0 Å². The van der Waals surface area contributed by atoms with Crippen molar-refractivity contribution in [2.75, 3.05) is 13.5 Å². The highest BCUT2D eigenvalue weighted by Crippen LogP contribution is 2.04. The molecule has 1 aliphatic heterocycles. The van der Waals surface area contributed by atoms with Gasteiger partial charge < -0.3 is 4.74 Å². The molecule has 1 rings (SSSR count). The van der Waals surface area contributed by atoms with E-state index in [1.165, 1.54) is 4.90 Å². The van der Waals surface area contributed by atoms with Crippen molar-refractivity contribution in [3.8, 4) is 0 Å². The molecular formula is C3H4ClNO2. The van der Waals surface area contributed by atoms with E-state index in [-0.39, 0.29) is 0 Å². The zero-order valence-corrected chi connectivity index (χ0v) is 4.31. The molecule has 0 saturated carbocycles. The zero-order chi connectivity index (χ0) is 5.28. The zero-order valence-electron chi connectivity index (χ0n) is 3.56. The maximum Gasteiger partial charge on any atom is 0.320 e.